The predicted molar refractivity (Wildman–Crippen MR) is 65.7 cm³/mol. The van der Waals surface area contributed by atoms with Crippen molar-refractivity contribution in [1.29, 1.82) is 0 Å². The Bertz CT molecular complexity index is 510. The zero-order valence-corrected chi connectivity index (χ0v) is 10.0. The number of hydrogen-bond donors (Lipinski definition) is 1. The van der Waals surface area contributed by atoms with Crippen LogP contribution in [0.1, 0.15) is 17.1 Å². The van der Waals surface area contributed by atoms with Crippen LogP contribution in [0.3, 0.4) is 0 Å². The van der Waals surface area contributed by atoms with E-state index in [2.05, 4.69) is 0 Å². The lowest BCUT2D eigenvalue weighted by molar-refractivity contribution is 0.474. The summed E-state index contributed by atoms with van der Waals surface area (Å²) in [5, 5.41) is 0.135. The number of hydrogen-bond acceptors (Lipinski definition) is 2. The monoisotopic (exact) mass is 253 g/mol. The van der Waals surface area contributed by atoms with Gasteiger partial charge in [-0.05, 0) is 36.4 Å². The third-order valence-electron chi connectivity index (χ3n) is 2.47. The molecule has 1 heterocycles. The van der Waals surface area contributed by atoms with E-state index < -0.39 is 5.82 Å². The molecule has 2 nitrogen and oxygen atoms in total. The maximum absolute atomic E-state index is 13.0. The Morgan fingerprint density at radius 1 is 1.18 bits per heavy atom. The number of halogens is 2. The summed E-state index contributed by atoms with van der Waals surface area (Å²) in [5.74, 6) is 1.30. The topological polar surface area (TPSA) is 39.2 Å². The first-order valence-corrected chi connectivity index (χ1v) is 5.78. The molecule has 0 atom stereocenters. The van der Waals surface area contributed by atoms with Gasteiger partial charge in [-0.15, -0.1) is 0 Å². The summed E-state index contributed by atoms with van der Waals surface area (Å²) in [6, 6.07) is 8.49. The van der Waals surface area contributed by atoms with Gasteiger partial charge in [-0.25, -0.2) is 4.39 Å². The number of benzene rings is 1. The molecule has 0 radical (unpaired) electrons. The van der Waals surface area contributed by atoms with Crippen molar-refractivity contribution in [1.82, 2.24) is 0 Å². The lowest BCUT2D eigenvalue weighted by atomic mass is 10.1. The highest BCUT2D eigenvalue weighted by atomic mass is 35.5. The second-order valence-electron chi connectivity index (χ2n) is 3.83. The third-order valence-corrected chi connectivity index (χ3v) is 2.76. The van der Waals surface area contributed by atoms with Gasteiger partial charge < -0.3 is 10.2 Å². The van der Waals surface area contributed by atoms with Gasteiger partial charge in [0.2, 0.25) is 0 Å². The molecule has 0 aliphatic rings. The van der Waals surface area contributed by atoms with Crippen LogP contribution >= 0.6 is 11.6 Å². The summed E-state index contributed by atoms with van der Waals surface area (Å²) in [6.07, 6.45) is 1.33. The van der Waals surface area contributed by atoms with E-state index in [0.29, 0.717) is 13.0 Å². The minimum atomic E-state index is -0.404. The van der Waals surface area contributed by atoms with Gasteiger partial charge in [-0.1, -0.05) is 17.7 Å². The largest absolute Gasteiger partial charge is 0.466 e. The molecule has 2 aromatic rings. The Morgan fingerprint density at radius 3 is 2.65 bits per heavy atom. The van der Waals surface area contributed by atoms with Crippen LogP contribution in [0.15, 0.2) is 34.7 Å². The van der Waals surface area contributed by atoms with E-state index >= 15 is 0 Å². The van der Waals surface area contributed by atoms with Gasteiger partial charge in [0, 0.05) is 12.8 Å². The molecule has 0 saturated heterocycles. The van der Waals surface area contributed by atoms with Crippen molar-refractivity contribution in [3.63, 3.8) is 0 Å². The molecular weight excluding hydrogens is 241 g/mol. The molecule has 0 aliphatic heterocycles. The summed E-state index contributed by atoms with van der Waals surface area (Å²) < 4.78 is 18.6. The minimum absolute atomic E-state index is 0.135. The van der Waals surface area contributed by atoms with Crippen LogP contribution in [0, 0.1) is 5.82 Å². The van der Waals surface area contributed by atoms with E-state index in [0.717, 1.165) is 23.5 Å². The van der Waals surface area contributed by atoms with Crippen molar-refractivity contribution in [2.24, 2.45) is 5.73 Å². The zero-order valence-electron chi connectivity index (χ0n) is 9.25. The van der Waals surface area contributed by atoms with Crippen molar-refractivity contribution in [3.8, 4) is 0 Å². The molecule has 0 unspecified atom stereocenters. The van der Waals surface area contributed by atoms with Crippen LogP contribution in [0.4, 0.5) is 4.39 Å². The normalized spacial score (nSPS) is 10.8. The first-order valence-electron chi connectivity index (χ1n) is 5.40. The summed E-state index contributed by atoms with van der Waals surface area (Å²) in [5.41, 5.74) is 6.36. The van der Waals surface area contributed by atoms with Crippen molar-refractivity contribution in [2.75, 3.05) is 6.54 Å². The fourth-order valence-corrected chi connectivity index (χ4v) is 1.85. The molecule has 0 amide bonds. The van der Waals surface area contributed by atoms with Crippen molar-refractivity contribution in [2.45, 2.75) is 12.8 Å². The molecule has 0 bridgehead atoms. The standard InChI is InChI=1S/C13H13ClFNO/c14-12-8-9(1-4-13(12)15)7-11-3-2-10(17-11)5-6-16/h1-4,8H,5-7,16H2. The number of nitrogens with two attached hydrogens (primary N) is 1. The Balaban J connectivity index is 2.11. The van der Waals surface area contributed by atoms with Crippen LogP contribution in [0.2, 0.25) is 5.02 Å². The van der Waals surface area contributed by atoms with Gasteiger partial charge in [-0.2, -0.15) is 0 Å². The Kier molecular flexibility index (Phi) is 3.82. The Labute approximate surface area is 104 Å². The summed E-state index contributed by atoms with van der Waals surface area (Å²) in [4.78, 5) is 0. The van der Waals surface area contributed by atoms with Crippen molar-refractivity contribution in [3.05, 3.63) is 58.3 Å². The minimum Gasteiger partial charge on any atom is -0.466 e. The average molecular weight is 254 g/mol. The van der Waals surface area contributed by atoms with E-state index in [-0.39, 0.29) is 5.02 Å². The van der Waals surface area contributed by atoms with Gasteiger partial charge in [-0.3, -0.25) is 0 Å². The van der Waals surface area contributed by atoms with Crippen LogP contribution < -0.4 is 5.73 Å². The quantitative estimate of drug-likeness (QED) is 0.909. The molecule has 17 heavy (non-hydrogen) atoms. The fraction of sp³-hybridized carbons (Fsp3) is 0.231. The van der Waals surface area contributed by atoms with Gasteiger partial charge in [0.05, 0.1) is 5.02 Å². The van der Waals surface area contributed by atoms with E-state index in [9.17, 15) is 4.39 Å². The highest BCUT2D eigenvalue weighted by Crippen LogP contribution is 2.19. The first kappa shape index (κ1) is 12.1. The molecule has 1 aromatic heterocycles. The lowest BCUT2D eigenvalue weighted by Gasteiger charge is -2.00. The van der Waals surface area contributed by atoms with Gasteiger partial charge in [0.1, 0.15) is 17.3 Å². The van der Waals surface area contributed by atoms with Crippen LogP contribution in [-0.2, 0) is 12.8 Å². The van der Waals surface area contributed by atoms with E-state index in [1.165, 1.54) is 6.07 Å². The Morgan fingerprint density at radius 2 is 1.94 bits per heavy atom. The van der Waals surface area contributed by atoms with Gasteiger partial charge >= 0.3 is 0 Å². The molecule has 2 N–H and O–H groups in total. The molecule has 0 saturated carbocycles. The van der Waals surface area contributed by atoms with E-state index in [1.807, 2.05) is 12.1 Å². The summed E-state index contributed by atoms with van der Waals surface area (Å²) in [6.45, 7) is 0.565. The smallest absolute Gasteiger partial charge is 0.141 e. The maximum atomic E-state index is 13.0. The lowest BCUT2D eigenvalue weighted by Crippen LogP contribution is -2.01. The van der Waals surface area contributed by atoms with E-state index in [4.69, 9.17) is 21.8 Å². The predicted octanol–water partition coefficient (Wildman–Crippen LogP) is 3.16. The zero-order chi connectivity index (χ0) is 12.3. The molecule has 4 heteroatoms. The van der Waals surface area contributed by atoms with Gasteiger partial charge in [0.25, 0.3) is 0 Å². The number of furan rings is 1. The van der Waals surface area contributed by atoms with Crippen molar-refractivity contribution < 1.29 is 8.81 Å². The molecular formula is C13H13ClFNO. The third kappa shape index (κ3) is 3.08. The summed E-state index contributed by atoms with van der Waals surface area (Å²) in [7, 11) is 0. The van der Waals surface area contributed by atoms with Crippen LogP contribution in [-0.4, -0.2) is 6.54 Å². The van der Waals surface area contributed by atoms with Crippen LogP contribution in [0.25, 0.3) is 0 Å². The average Bonchev–Trinajstić information content (AvgIpc) is 2.72. The van der Waals surface area contributed by atoms with Crippen LogP contribution in [0.5, 0.6) is 0 Å². The highest BCUT2D eigenvalue weighted by molar-refractivity contribution is 6.30. The summed E-state index contributed by atoms with van der Waals surface area (Å²) >= 11 is 5.71. The SMILES string of the molecule is NCCc1ccc(Cc2ccc(F)c(Cl)c2)o1. The van der Waals surface area contributed by atoms with Crippen molar-refractivity contribution >= 4 is 11.6 Å². The molecule has 0 fully saturated rings. The number of rotatable bonds is 4. The molecule has 0 spiro atoms. The highest BCUT2D eigenvalue weighted by Gasteiger charge is 2.05. The maximum Gasteiger partial charge on any atom is 0.141 e. The molecule has 90 valence electrons. The fourth-order valence-electron chi connectivity index (χ4n) is 1.64. The van der Waals surface area contributed by atoms with Gasteiger partial charge in [0.15, 0.2) is 0 Å². The molecule has 1 aromatic carbocycles. The molecule has 2 rings (SSSR count). The molecule has 0 aliphatic carbocycles. The van der Waals surface area contributed by atoms with E-state index in [1.54, 1.807) is 12.1 Å². The Hall–Kier alpha value is -1.32. The second-order valence-corrected chi connectivity index (χ2v) is 4.24. The first-order chi connectivity index (χ1) is 8.19. The second kappa shape index (κ2) is 5.34.